The van der Waals surface area contributed by atoms with Crippen molar-refractivity contribution in [3.05, 3.63) is 84.3 Å². The first-order chi connectivity index (χ1) is 12.3. The Morgan fingerprint density at radius 3 is 2.44 bits per heavy atom. The minimum Gasteiger partial charge on any atom is -0.497 e. The Kier molecular flexibility index (Phi) is 3.74. The van der Waals surface area contributed by atoms with Crippen LogP contribution >= 0.6 is 0 Å². The van der Waals surface area contributed by atoms with E-state index < -0.39 is 0 Å². The van der Waals surface area contributed by atoms with Gasteiger partial charge < -0.3 is 4.74 Å². The third-order valence-corrected chi connectivity index (χ3v) is 4.03. The molecule has 0 saturated heterocycles. The summed E-state index contributed by atoms with van der Waals surface area (Å²) in [6.07, 6.45) is 3.32. The lowest BCUT2D eigenvalue weighted by molar-refractivity contribution is 0.103. The summed E-state index contributed by atoms with van der Waals surface area (Å²) in [7, 11) is 1.62. The highest BCUT2D eigenvalue weighted by Crippen LogP contribution is 2.28. The molecule has 0 amide bonds. The van der Waals surface area contributed by atoms with Gasteiger partial charge in [-0.1, -0.05) is 30.3 Å². The summed E-state index contributed by atoms with van der Waals surface area (Å²) < 4.78 is 7.08. The van der Waals surface area contributed by atoms with Crippen molar-refractivity contribution in [2.45, 2.75) is 0 Å². The number of benzene rings is 2. The van der Waals surface area contributed by atoms with E-state index >= 15 is 0 Å². The monoisotopic (exact) mass is 329 g/mol. The molecule has 0 aliphatic rings. The lowest BCUT2D eigenvalue weighted by Crippen LogP contribution is -2.10. The first-order valence-corrected chi connectivity index (χ1v) is 7.84. The van der Waals surface area contributed by atoms with E-state index in [9.17, 15) is 4.79 Å². The van der Waals surface area contributed by atoms with Crippen LogP contribution in [-0.2, 0) is 0 Å². The van der Waals surface area contributed by atoms with Gasteiger partial charge >= 0.3 is 0 Å². The standard InChI is InChI=1S/C20H15N3O2/c1-25-16-8-9-17-15(12-16)13-18(19(24)14-6-3-2-4-7-14)23(17)20-21-10-5-11-22-20/h2-13H,1H3. The Labute approximate surface area is 144 Å². The number of methoxy groups -OCH3 is 1. The molecule has 0 N–H and O–H groups in total. The highest BCUT2D eigenvalue weighted by molar-refractivity contribution is 6.11. The lowest BCUT2D eigenvalue weighted by Gasteiger charge is -2.08. The van der Waals surface area contributed by atoms with Crippen molar-refractivity contribution in [2.75, 3.05) is 7.11 Å². The molecule has 0 aliphatic carbocycles. The topological polar surface area (TPSA) is 57.0 Å². The van der Waals surface area contributed by atoms with Crippen LogP contribution < -0.4 is 4.74 Å². The van der Waals surface area contributed by atoms with Crippen LogP contribution in [0.5, 0.6) is 5.75 Å². The van der Waals surface area contributed by atoms with Gasteiger partial charge in [-0.05, 0) is 30.3 Å². The van der Waals surface area contributed by atoms with Crippen LogP contribution in [0.2, 0.25) is 0 Å². The average Bonchev–Trinajstić information content (AvgIpc) is 3.07. The number of ether oxygens (including phenoxy) is 1. The van der Waals surface area contributed by atoms with Crippen LogP contribution in [0.25, 0.3) is 16.9 Å². The van der Waals surface area contributed by atoms with E-state index in [-0.39, 0.29) is 5.78 Å². The van der Waals surface area contributed by atoms with Gasteiger partial charge in [0.25, 0.3) is 0 Å². The lowest BCUT2D eigenvalue weighted by atomic mass is 10.1. The van der Waals surface area contributed by atoms with E-state index in [1.807, 2.05) is 42.5 Å². The molecule has 0 bridgehead atoms. The molecule has 0 fully saturated rings. The van der Waals surface area contributed by atoms with Crippen LogP contribution in [0.3, 0.4) is 0 Å². The van der Waals surface area contributed by atoms with Gasteiger partial charge in [-0.3, -0.25) is 9.36 Å². The van der Waals surface area contributed by atoms with Crippen molar-refractivity contribution in [3.8, 4) is 11.7 Å². The molecule has 25 heavy (non-hydrogen) atoms. The van der Waals surface area contributed by atoms with Crippen LogP contribution in [0.1, 0.15) is 16.1 Å². The Morgan fingerprint density at radius 2 is 1.72 bits per heavy atom. The molecule has 0 saturated carbocycles. The first kappa shape index (κ1) is 15.1. The second kappa shape index (κ2) is 6.20. The van der Waals surface area contributed by atoms with Crippen molar-refractivity contribution in [2.24, 2.45) is 0 Å². The minimum absolute atomic E-state index is 0.0804. The number of rotatable bonds is 4. The van der Waals surface area contributed by atoms with Crippen molar-refractivity contribution < 1.29 is 9.53 Å². The third-order valence-electron chi connectivity index (χ3n) is 4.03. The maximum absolute atomic E-state index is 13.1. The first-order valence-electron chi connectivity index (χ1n) is 7.84. The summed E-state index contributed by atoms with van der Waals surface area (Å²) in [6, 6.07) is 18.5. The molecule has 0 spiro atoms. The zero-order valence-electron chi connectivity index (χ0n) is 13.6. The third kappa shape index (κ3) is 2.65. The van der Waals surface area contributed by atoms with E-state index in [1.165, 1.54) is 0 Å². The largest absolute Gasteiger partial charge is 0.497 e. The Hall–Kier alpha value is -3.47. The molecule has 4 rings (SSSR count). The SMILES string of the molecule is COc1ccc2c(c1)cc(C(=O)c1ccccc1)n2-c1ncccn1. The number of hydrogen-bond donors (Lipinski definition) is 0. The molecule has 0 aliphatic heterocycles. The number of hydrogen-bond acceptors (Lipinski definition) is 4. The van der Waals surface area contributed by atoms with Crippen LogP contribution in [-0.4, -0.2) is 27.4 Å². The molecule has 122 valence electrons. The van der Waals surface area contributed by atoms with E-state index in [0.29, 0.717) is 17.2 Å². The van der Waals surface area contributed by atoms with E-state index in [1.54, 1.807) is 42.3 Å². The van der Waals surface area contributed by atoms with Crippen molar-refractivity contribution in [1.82, 2.24) is 14.5 Å². The van der Waals surface area contributed by atoms with Gasteiger partial charge in [0.05, 0.1) is 18.3 Å². The molecule has 5 heteroatoms. The van der Waals surface area contributed by atoms with Crippen LogP contribution in [0.15, 0.2) is 73.1 Å². The van der Waals surface area contributed by atoms with E-state index in [4.69, 9.17) is 4.74 Å². The van der Waals surface area contributed by atoms with Gasteiger partial charge in [0.15, 0.2) is 0 Å². The van der Waals surface area contributed by atoms with Crippen LogP contribution in [0, 0.1) is 0 Å². The van der Waals surface area contributed by atoms with E-state index in [2.05, 4.69) is 9.97 Å². The van der Waals surface area contributed by atoms with Gasteiger partial charge in [0.2, 0.25) is 11.7 Å². The van der Waals surface area contributed by atoms with Gasteiger partial charge in [-0.15, -0.1) is 0 Å². The molecule has 0 radical (unpaired) electrons. The molecule has 0 atom stereocenters. The maximum Gasteiger partial charge on any atom is 0.234 e. The molecule has 5 nitrogen and oxygen atoms in total. The second-order valence-corrected chi connectivity index (χ2v) is 5.53. The van der Waals surface area contributed by atoms with E-state index in [0.717, 1.165) is 16.7 Å². The molecule has 4 aromatic rings. The minimum atomic E-state index is -0.0804. The quantitative estimate of drug-likeness (QED) is 0.536. The van der Waals surface area contributed by atoms with Crippen molar-refractivity contribution in [1.29, 1.82) is 0 Å². The molecular formula is C20H15N3O2. The molecule has 2 heterocycles. The number of fused-ring (bicyclic) bond motifs is 1. The molecule has 2 aromatic carbocycles. The Bertz CT molecular complexity index is 1040. The zero-order valence-corrected chi connectivity index (χ0v) is 13.6. The number of aromatic nitrogens is 3. The van der Waals surface area contributed by atoms with Gasteiger partial charge in [-0.2, -0.15) is 0 Å². The van der Waals surface area contributed by atoms with Gasteiger partial charge in [0, 0.05) is 23.3 Å². The summed E-state index contributed by atoms with van der Waals surface area (Å²) in [5.74, 6) is 1.11. The molecule has 2 aromatic heterocycles. The van der Waals surface area contributed by atoms with Crippen LogP contribution in [0.4, 0.5) is 0 Å². The smallest absolute Gasteiger partial charge is 0.234 e. The Morgan fingerprint density at radius 1 is 0.960 bits per heavy atom. The maximum atomic E-state index is 13.1. The highest BCUT2D eigenvalue weighted by atomic mass is 16.5. The predicted octanol–water partition coefficient (Wildman–Crippen LogP) is 3.66. The highest BCUT2D eigenvalue weighted by Gasteiger charge is 2.19. The van der Waals surface area contributed by atoms with Gasteiger partial charge in [0.1, 0.15) is 5.75 Å². The second-order valence-electron chi connectivity index (χ2n) is 5.53. The van der Waals surface area contributed by atoms with Crippen molar-refractivity contribution in [3.63, 3.8) is 0 Å². The summed E-state index contributed by atoms with van der Waals surface area (Å²) in [6.45, 7) is 0. The summed E-state index contributed by atoms with van der Waals surface area (Å²) in [5, 5.41) is 0.895. The average molecular weight is 329 g/mol. The Balaban J connectivity index is 1.98. The normalized spacial score (nSPS) is 10.8. The molecule has 0 unspecified atom stereocenters. The number of carbonyl (C=O) groups is 1. The zero-order chi connectivity index (χ0) is 17.2. The fraction of sp³-hybridized carbons (Fsp3) is 0.0500. The number of nitrogens with zero attached hydrogens (tertiary/aromatic N) is 3. The van der Waals surface area contributed by atoms with Crippen molar-refractivity contribution >= 4 is 16.7 Å². The molecular weight excluding hydrogens is 314 g/mol. The van der Waals surface area contributed by atoms with Gasteiger partial charge in [-0.25, -0.2) is 9.97 Å². The summed E-state index contributed by atoms with van der Waals surface area (Å²) >= 11 is 0. The fourth-order valence-electron chi connectivity index (χ4n) is 2.85. The summed E-state index contributed by atoms with van der Waals surface area (Å²) in [4.78, 5) is 21.7. The number of ketones is 1. The number of carbonyl (C=O) groups excluding carboxylic acids is 1. The predicted molar refractivity (Wildman–Crippen MR) is 95.3 cm³/mol. The summed E-state index contributed by atoms with van der Waals surface area (Å²) in [5.41, 5.74) is 1.99. The fourth-order valence-corrected chi connectivity index (χ4v) is 2.85.